The van der Waals surface area contributed by atoms with Gasteiger partial charge < -0.3 is 4.74 Å². The van der Waals surface area contributed by atoms with Crippen LogP contribution in [0.1, 0.15) is 20.7 Å². The van der Waals surface area contributed by atoms with Gasteiger partial charge in [-0.1, -0.05) is 12.1 Å². The molecular weight excluding hydrogens is 377 g/mol. The number of rotatable bonds is 3. The molecule has 0 saturated heterocycles. The van der Waals surface area contributed by atoms with Crippen molar-refractivity contribution < 1.29 is 17.9 Å². The third kappa shape index (κ3) is 3.90. The number of aryl methyl sites for hydroxylation is 1. The fourth-order valence-corrected chi connectivity index (χ4v) is 3.52. The molecule has 20 heavy (non-hydrogen) atoms. The van der Waals surface area contributed by atoms with E-state index in [0.29, 0.717) is 0 Å². The Morgan fingerprint density at radius 3 is 2.30 bits per heavy atom. The van der Waals surface area contributed by atoms with Crippen LogP contribution >= 0.6 is 38.9 Å². The van der Waals surface area contributed by atoms with Gasteiger partial charge in [-0.3, -0.25) is 0 Å². The summed E-state index contributed by atoms with van der Waals surface area (Å²) in [6.07, 6.45) is -4.68. The molecule has 7 heteroatoms. The zero-order valence-electron chi connectivity index (χ0n) is 10.2. The Balaban J connectivity index is 2.17. The number of halogens is 5. The van der Waals surface area contributed by atoms with E-state index in [0.717, 1.165) is 19.8 Å². The van der Waals surface area contributed by atoms with Crippen LogP contribution in [-0.4, -0.2) is 6.36 Å². The number of thiophene rings is 1. The summed E-state index contributed by atoms with van der Waals surface area (Å²) in [6.45, 7) is 1.96. The minimum atomic E-state index is -4.68. The van der Waals surface area contributed by atoms with Crippen molar-refractivity contribution in [3.63, 3.8) is 0 Å². The molecule has 1 nitrogen and oxygen atoms in total. The summed E-state index contributed by atoms with van der Waals surface area (Å²) >= 11 is 11.3. The van der Waals surface area contributed by atoms with E-state index in [9.17, 15) is 13.2 Å². The van der Waals surface area contributed by atoms with Gasteiger partial charge in [-0.2, -0.15) is 0 Å². The Hall–Kier alpha value is -0.720. The molecule has 1 aromatic carbocycles. The first-order valence-electron chi connectivity index (χ1n) is 5.52. The molecule has 0 saturated carbocycles. The normalized spacial score (nSPS) is 13.3. The standard InChI is InChI=1S/C13H9BrClF3OS/c1-7-10(14)6-11(20-7)12(15)8-2-4-9(5-3-8)19-13(16,17)18/h2-6,12H,1H3. The molecule has 2 aromatic rings. The number of alkyl halides is 4. The highest BCUT2D eigenvalue weighted by Gasteiger charge is 2.31. The van der Waals surface area contributed by atoms with Crippen molar-refractivity contribution in [3.05, 3.63) is 50.1 Å². The van der Waals surface area contributed by atoms with Crippen LogP contribution in [0.25, 0.3) is 0 Å². The second-order valence-electron chi connectivity index (χ2n) is 4.03. The Labute approximate surface area is 131 Å². The summed E-state index contributed by atoms with van der Waals surface area (Å²) in [6, 6.07) is 7.49. The molecule has 1 atom stereocenters. The van der Waals surface area contributed by atoms with Crippen molar-refractivity contribution in [2.45, 2.75) is 18.7 Å². The van der Waals surface area contributed by atoms with E-state index in [2.05, 4.69) is 20.7 Å². The van der Waals surface area contributed by atoms with Crippen molar-refractivity contribution in [2.75, 3.05) is 0 Å². The summed E-state index contributed by atoms with van der Waals surface area (Å²) in [7, 11) is 0. The molecule has 0 radical (unpaired) electrons. The van der Waals surface area contributed by atoms with Crippen LogP contribution in [0.2, 0.25) is 0 Å². The molecule has 0 aliphatic heterocycles. The number of benzene rings is 1. The third-order valence-electron chi connectivity index (χ3n) is 2.53. The summed E-state index contributed by atoms with van der Waals surface area (Å²) in [4.78, 5) is 2.03. The summed E-state index contributed by atoms with van der Waals surface area (Å²) in [5, 5.41) is -0.398. The first-order valence-corrected chi connectivity index (χ1v) is 7.56. The Morgan fingerprint density at radius 2 is 1.85 bits per heavy atom. The van der Waals surface area contributed by atoms with Crippen LogP contribution in [0.3, 0.4) is 0 Å². The highest BCUT2D eigenvalue weighted by Crippen LogP contribution is 2.38. The smallest absolute Gasteiger partial charge is 0.406 e. The molecule has 0 spiro atoms. The van der Waals surface area contributed by atoms with Gasteiger partial charge in [0.1, 0.15) is 5.75 Å². The van der Waals surface area contributed by atoms with Gasteiger partial charge in [-0.05, 0) is 46.6 Å². The second-order valence-corrected chi connectivity index (χ2v) is 6.61. The summed E-state index contributed by atoms with van der Waals surface area (Å²) in [5.74, 6) is -0.256. The predicted molar refractivity (Wildman–Crippen MR) is 77.6 cm³/mol. The fourth-order valence-electron chi connectivity index (χ4n) is 1.61. The molecule has 0 N–H and O–H groups in total. The molecule has 108 valence electrons. The molecule has 0 amide bonds. The van der Waals surface area contributed by atoms with Crippen molar-refractivity contribution in [1.29, 1.82) is 0 Å². The topological polar surface area (TPSA) is 9.23 Å². The highest BCUT2D eigenvalue weighted by atomic mass is 79.9. The van der Waals surface area contributed by atoms with Gasteiger partial charge in [0.2, 0.25) is 0 Å². The molecule has 1 heterocycles. The zero-order chi connectivity index (χ0) is 14.9. The lowest BCUT2D eigenvalue weighted by atomic mass is 10.1. The first kappa shape index (κ1) is 15.7. The van der Waals surface area contributed by atoms with Crippen LogP contribution in [0.15, 0.2) is 34.8 Å². The molecule has 0 fully saturated rings. The molecule has 0 aliphatic rings. The average Bonchev–Trinajstić information content (AvgIpc) is 2.68. The average molecular weight is 386 g/mol. The Bertz CT molecular complexity index is 575. The predicted octanol–water partition coefficient (Wildman–Crippen LogP) is 6.05. The summed E-state index contributed by atoms with van der Waals surface area (Å²) in [5.41, 5.74) is 0.718. The van der Waals surface area contributed by atoms with E-state index < -0.39 is 11.7 Å². The second kappa shape index (κ2) is 5.95. The Kier molecular flexibility index (Phi) is 4.66. The van der Waals surface area contributed by atoms with Gasteiger partial charge >= 0.3 is 6.36 Å². The number of ether oxygens (including phenoxy) is 1. The van der Waals surface area contributed by atoms with Gasteiger partial charge in [0, 0.05) is 14.2 Å². The van der Waals surface area contributed by atoms with Crippen LogP contribution in [0, 0.1) is 6.92 Å². The number of hydrogen-bond donors (Lipinski definition) is 0. The Morgan fingerprint density at radius 1 is 1.25 bits per heavy atom. The maximum absolute atomic E-state index is 12.1. The van der Waals surface area contributed by atoms with Gasteiger partial charge in [-0.15, -0.1) is 36.1 Å². The van der Waals surface area contributed by atoms with Crippen molar-refractivity contribution >= 4 is 38.9 Å². The van der Waals surface area contributed by atoms with E-state index in [-0.39, 0.29) is 5.75 Å². The fraction of sp³-hybridized carbons (Fsp3) is 0.231. The lowest BCUT2D eigenvalue weighted by molar-refractivity contribution is -0.274. The van der Waals surface area contributed by atoms with E-state index in [4.69, 9.17) is 11.6 Å². The maximum atomic E-state index is 12.1. The maximum Gasteiger partial charge on any atom is 0.573 e. The summed E-state index contributed by atoms with van der Waals surface area (Å²) < 4.78 is 41.0. The van der Waals surface area contributed by atoms with Gasteiger partial charge in [0.15, 0.2) is 0 Å². The minimum absolute atomic E-state index is 0.256. The van der Waals surface area contributed by atoms with Crippen LogP contribution in [0.4, 0.5) is 13.2 Å². The zero-order valence-corrected chi connectivity index (χ0v) is 13.3. The lowest BCUT2D eigenvalue weighted by Crippen LogP contribution is -2.17. The van der Waals surface area contributed by atoms with Crippen LogP contribution < -0.4 is 4.74 Å². The van der Waals surface area contributed by atoms with Gasteiger partial charge in [0.05, 0.1) is 5.38 Å². The molecule has 2 rings (SSSR count). The quantitative estimate of drug-likeness (QED) is 0.585. The molecule has 1 aromatic heterocycles. The monoisotopic (exact) mass is 384 g/mol. The largest absolute Gasteiger partial charge is 0.573 e. The molecule has 1 unspecified atom stereocenters. The number of hydrogen-bond acceptors (Lipinski definition) is 2. The van der Waals surface area contributed by atoms with Crippen molar-refractivity contribution in [1.82, 2.24) is 0 Å². The van der Waals surface area contributed by atoms with E-state index in [1.807, 2.05) is 13.0 Å². The van der Waals surface area contributed by atoms with Crippen LogP contribution in [0.5, 0.6) is 5.75 Å². The minimum Gasteiger partial charge on any atom is -0.406 e. The SMILES string of the molecule is Cc1sc(C(Cl)c2ccc(OC(F)(F)F)cc2)cc1Br. The lowest BCUT2D eigenvalue weighted by Gasteiger charge is -2.11. The van der Waals surface area contributed by atoms with Crippen LogP contribution in [-0.2, 0) is 0 Å². The molecule has 0 aliphatic carbocycles. The van der Waals surface area contributed by atoms with E-state index in [1.54, 1.807) is 11.3 Å². The van der Waals surface area contributed by atoms with Crippen molar-refractivity contribution in [2.24, 2.45) is 0 Å². The van der Waals surface area contributed by atoms with Crippen molar-refractivity contribution in [3.8, 4) is 5.75 Å². The van der Waals surface area contributed by atoms with E-state index >= 15 is 0 Å². The van der Waals surface area contributed by atoms with E-state index in [1.165, 1.54) is 24.3 Å². The van der Waals surface area contributed by atoms with Gasteiger partial charge in [-0.25, -0.2) is 0 Å². The first-order chi connectivity index (χ1) is 9.26. The van der Waals surface area contributed by atoms with Gasteiger partial charge in [0.25, 0.3) is 0 Å². The highest BCUT2D eigenvalue weighted by molar-refractivity contribution is 9.10. The third-order valence-corrected chi connectivity index (χ3v) is 5.35. The molecular formula is C13H9BrClF3OS. The molecule has 0 bridgehead atoms.